The Labute approximate surface area is 74.9 Å². The first-order valence-electron chi connectivity index (χ1n) is 4.60. The predicted octanol–water partition coefficient (Wildman–Crippen LogP) is 0.576. The zero-order chi connectivity index (χ0) is 8.97. The van der Waals surface area contributed by atoms with E-state index >= 15 is 0 Å². The fraction of sp³-hybridized carbons (Fsp3) is 0.889. The highest BCUT2D eigenvalue weighted by atomic mass is 15.1. The second kappa shape index (κ2) is 4.45. The van der Waals surface area contributed by atoms with Crippen LogP contribution < -0.4 is 5.32 Å². The Morgan fingerprint density at radius 1 is 1.33 bits per heavy atom. The summed E-state index contributed by atoms with van der Waals surface area (Å²) in [5.41, 5.74) is 0. The number of rotatable bonds is 1. The average molecular weight is 169 g/mol. The molecule has 1 fully saturated rings. The predicted molar refractivity (Wildman–Crippen MR) is 52.6 cm³/mol. The summed E-state index contributed by atoms with van der Waals surface area (Å²) < 4.78 is 0. The van der Waals surface area contributed by atoms with Crippen molar-refractivity contribution in [2.24, 2.45) is 10.9 Å². The maximum Gasteiger partial charge on any atom is 0.101 e. The maximum atomic E-state index is 4.33. The Morgan fingerprint density at radius 3 is 2.33 bits per heavy atom. The molecule has 1 saturated heterocycles. The highest BCUT2D eigenvalue weighted by Crippen LogP contribution is 2.14. The number of hydrogen-bond acceptors (Lipinski definition) is 2. The molecule has 1 aliphatic heterocycles. The van der Waals surface area contributed by atoms with E-state index in [1.165, 1.54) is 18.7 Å². The van der Waals surface area contributed by atoms with Gasteiger partial charge in [0.25, 0.3) is 0 Å². The van der Waals surface area contributed by atoms with Crippen molar-refractivity contribution in [3.05, 3.63) is 0 Å². The van der Waals surface area contributed by atoms with E-state index in [0.717, 1.165) is 13.1 Å². The summed E-state index contributed by atoms with van der Waals surface area (Å²) in [7, 11) is 6.03. The number of amidine groups is 1. The Hall–Kier alpha value is -0.570. The van der Waals surface area contributed by atoms with E-state index in [2.05, 4.69) is 29.3 Å². The van der Waals surface area contributed by atoms with Gasteiger partial charge < -0.3 is 10.2 Å². The molecule has 12 heavy (non-hydrogen) atoms. The third-order valence-electron chi connectivity index (χ3n) is 2.39. The van der Waals surface area contributed by atoms with Crippen LogP contribution in [0.25, 0.3) is 0 Å². The number of nitrogens with one attached hydrogen (secondary N) is 1. The minimum atomic E-state index is 0.672. The molecule has 1 heterocycles. The Morgan fingerprint density at radius 2 is 1.92 bits per heavy atom. The van der Waals surface area contributed by atoms with Gasteiger partial charge in [-0.3, -0.25) is 4.99 Å². The van der Waals surface area contributed by atoms with E-state index in [0.29, 0.717) is 5.92 Å². The van der Waals surface area contributed by atoms with E-state index in [4.69, 9.17) is 0 Å². The lowest BCUT2D eigenvalue weighted by atomic mass is 9.96. The molecule has 3 nitrogen and oxygen atoms in total. The Balaban J connectivity index is 2.53. The molecular weight excluding hydrogens is 150 g/mol. The first-order valence-corrected chi connectivity index (χ1v) is 4.60. The van der Waals surface area contributed by atoms with Gasteiger partial charge in [-0.2, -0.15) is 0 Å². The number of hydrogen-bond donors (Lipinski definition) is 1. The molecule has 1 N–H and O–H groups in total. The van der Waals surface area contributed by atoms with Gasteiger partial charge in [0.05, 0.1) is 0 Å². The van der Waals surface area contributed by atoms with Crippen LogP contribution in [0, 0.1) is 5.92 Å². The van der Waals surface area contributed by atoms with Crippen molar-refractivity contribution < 1.29 is 0 Å². The quantitative estimate of drug-likeness (QED) is 0.459. The summed E-state index contributed by atoms with van der Waals surface area (Å²) in [5, 5.41) is 3.36. The molecule has 0 bridgehead atoms. The lowest BCUT2D eigenvalue weighted by Gasteiger charge is -2.28. The van der Waals surface area contributed by atoms with Crippen LogP contribution in [0.3, 0.4) is 0 Å². The molecule has 1 rings (SSSR count). The van der Waals surface area contributed by atoms with Crippen LogP contribution in [0.15, 0.2) is 4.99 Å². The summed E-state index contributed by atoms with van der Waals surface area (Å²) >= 11 is 0. The van der Waals surface area contributed by atoms with Crippen LogP contribution in [0.1, 0.15) is 12.8 Å². The number of aliphatic imine (C=N–C) groups is 1. The molecular formula is C9H19N3. The van der Waals surface area contributed by atoms with E-state index in [-0.39, 0.29) is 0 Å². The van der Waals surface area contributed by atoms with Crippen LogP contribution in [0.5, 0.6) is 0 Å². The lowest BCUT2D eigenvalue weighted by Crippen LogP contribution is -2.37. The topological polar surface area (TPSA) is 27.6 Å². The Kier molecular flexibility index (Phi) is 3.53. The fourth-order valence-corrected chi connectivity index (χ4v) is 1.83. The van der Waals surface area contributed by atoms with Gasteiger partial charge in [0.1, 0.15) is 5.84 Å². The van der Waals surface area contributed by atoms with Gasteiger partial charge in [-0.25, -0.2) is 0 Å². The molecule has 1 aliphatic rings. The van der Waals surface area contributed by atoms with Crippen LogP contribution in [0.2, 0.25) is 0 Å². The largest absolute Gasteiger partial charge is 0.366 e. The molecule has 70 valence electrons. The normalized spacial score (nSPS) is 21.1. The van der Waals surface area contributed by atoms with Gasteiger partial charge in [-0.05, 0) is 25.9 Å². The van der Waals surface area contributed by atoms with Crippen molar-refractivity contribution in [3.8, 4) is 0 Å². The minimum absolute atomic E-state index is 0.672. The van der Waals surface area contributed by atoms with E-state index in [1.807, 2.05) is 7.05 Å². The molecule has 0 saturated carbocycles. The van der Waals surface area contributed by atoms with Crippen LogP contribution >= 0.6 is 0 Å². The van der Waals surface area contributed by atoms with Gasteiger partial charge in [-0.15, -0.1) is 0 Å². The first kappa shape index (κ1) is 9.52. The van der Waals surface area contributed by atoms with Crippen molar-refractivity contribution in [1.29, 1.82) is 0 Å². The smallest absolute Gasteiger partial charge is 0.101 e. The zero-order valence-electron chi connectivity index (χ0n) is 8.30. The molecule has 0 aromatic heterocycles. The van der Waals surface area contributed by atoms with Crippen molar-refractivity contribution in [2.75, 3.05) is 34.2 Å². The highest BCUT2D eigenvalue weighted by molar-refractivity contribution is 5.84. The van der Waals surface area contributed by atoms with Crippen LogP contribution in [-0.4, -0.2) is 45.0 Å². The number of nitrogens with zero attached hydrogens (tertiary/aromatic N) is 2. The summed E-state index contributed by atoms with van der Waals surface area (Å²) in [6.07, 6.45) is 2.45. The second-order valence-corrected chi connectivity index (χ2v) is 3.50. The zero-order valence-corrected chi connectivity index (χ0v) is 8.30. The van der Waals surface area contributed by atoms with E-state index in [9.17, 15) is 0 Å². The van der Waals surface area contributed by atoms with Gasteiger partial charge in [0.15, 0.2) is 0 Å². The van der Waals surface area contributed by atoms with Crippen molar-refractivity contribution in [1.82, 2.24) is 10.2 Å². The Bertz CT molecular complexity index is 157. The standard InChI is InChI=1S/C9H19N3/c1-10-9(12(2)3)8-4-6-11-7-5-8/h8,11H,4-7H2,1-3H3. The molecule has 0 atom stereocenters. The monoisotopic (exact) mass is 169 g/mol. The lowest BCUT2D eigenvalue weighted by molar-refractivity contribution is 0.422. The molecule has 0 aromatic rings. The molecule has 3 heteroatoms. The molecule has 0 spiro atoms. The summed E-state index contributed by atoms with van der Waals surface area (Å²) in [6, 6.07) is 0. The van der Waals surface area contributed by atoms with E-state index in [1.54, 1.807) is 0 Å². The van der Waals surface area contributed by atoms with Crippen LogP contribution in [-0.2, 0) is 0 Å². The molecule has 0 aromatic carbocycles. The van der Waals surface area contributed by atoms with Gasteiger partial charge >= 0.3 is 0 Å². The third kappa shape index (κ3) is 2.21. The summed E-state index contributed by atoms with van der Waals surface area (Å²) in [6.45, 7) is 2.27. The van der Waals surface area contributed by atoms with E-state index < -0.39 is 0 Å². The minimum Gasteiger partial charge on any atom is -0.366 e. The highest BCUT2D eigenvalue weighted by Gasteiger charge is 2.19. The fourth-order valence-electron chi connectivity index (χ4n) is 1.83. The third-order valence-corrected chi connectivity index (χ3v) is 2.39. The maximum absolute atomic E-state index is 4.33. The van der Waals surface area contributed by atoms with Gasteiger partial charge in [-0.1, -0.05) is 0 Å². The summed E-state index contributed by atoms with van der Waals surface area (Å²) in [5.74, 6) is 1.92. The number of piperidine rings is 1. The van der Waals surface area contributed by atoms with Crippen molar-refractivity contribution in [3.63, 3.8) is 0 Å². The average Bonchev–Trinajstić information content (AvgIpc) is 2.07. The molecule has 0 amide bonds. The molecule has 0 radical (unpaired) electrons. The summed E-state index contributed by atoms with van der Waals surface area (Å²) in [4.78, 5) is 6.46. The van der Waals surface area contributed by atoms with Crippen molar-refractivity contribution >= 4 is 5.84 Å². The van der Waals surface area contributed by atoms with Crippen LogP contribution in [0.4, 0.5) is 0 Å². The molecule has 0 unspecified atom stereocenters. The second-order valence-electron chi connectivity index (χ2n) is 3.50. The van der Waals surface area contributed by atoms with Gasteiger partial charge in [0, 0.05) is 27.1 Å². The SMILES string of the molecule is CN=C(C1CCNCC1)N(C)C. The molecule has 0 aliphatic carbocycles. The first-order chi connectivity index (χ1) is 5.75. The van der Waals surface area contributed by atoms with Gasteiger partial charge in [0.2, 0.25) is 0 Å². The van der Waals surface area contributed by atoms with Crippen molar-refractivity contribution in [2.45, 2.75) is 12.8 Å².